The molecule has 10 rings (SSSR count). The Bertz CT molecular complexity index is 2640. The minimum absolute atomic E-state index is 0.404. The lowest BCUT2D eigenvalue weighted by Gasteiger charge is -2.31. The molecule has 4 N–H and O–H groups in total. The van der Waals surface area contributed by atoms with Crippen molar-refractivity contribution in [3.05, 3.63) is 126 Å². The van der Waals surface area contributed by atoms with Crippen molar-refractivity contribution < 1.29 is 0 Å². The van der Waals surface area contributed by atoms with E-state index >= 15 is 0 Å². The molecule has 7 aromatic rings. The number of aryl methyl sites for hydroxylation is 1. The highest BCUT2D eigenvalue weighted by Crippen LogP contribution is 2.34. The number of nitrogens with one attached hydrogen (secondary N) is 4. The first kappa shape index (κ1) is 35.5. The van der Waals surface area contributed by atoms with Gasteiger partial charge in [-0.2, -0.15) is 0 Å². The SMILES string of the molecule is C[C@@H]1C=C(c2c[nH]c3ncccc23)CN(CCc2cnc(CC[C@H]3C=C(c4c[nH]c5nc(N6CC(c7c[nH]c8ncccc78)=C[C@@H](C)C6)ccc45)CNC3)nc2)C1. The second-order valence-electron chi connectivity index (χ2n) is 16.3. The van der Waals surface area contributed by atoms with E-state index in [1.165, 1.54) is 44.4 Å². The summed E-state index contributed by atoms with van der Waals surface area (Å²) in [7, 11) is 0. The molecule has 0 saturated heterocycles. The van der Waals surface area contributed by atoms with Crippen molar-refractivity contribution in [3.8, 4) is 0 Å². The third-order valence-electron chi connectivity index (χ3n) is 11.9. The molecule has 0 amide bonds. The van der Waals surface area contributed by atoms with Crippen LogP contribution < -0.4 is 10.2 Å². The van der Waals surface area contributed by atoms with E-state index in [2.05, 4.69) is 115 Å². The lowest BCUT2D eigenvalue weighted by atomic mass is 9.93. The third-order valence-corrected chi connectivity index (χ3v) is 11.9. The number of anilines is 1. The van der Waals surface area contributed by atoms with Crippen LogP contribution in [0.25, 0.3) is 49.8 Å². The van der Waals surface area contributed by atoms with Crippen molar-refractivity contribution in [2.75, 3.05) is 50.7 Å². The van der Waals surface area contributed by atoms with E-state index in [-0.39, 0.29) is 0 Å². The van der Waals surface area contributed by atoms with Crippen LogP contribution in [0.4, 0.5) is 5.82 Å². The van der Waals surface area contributed by atoms with Crippen LogP contribution in [0, 0.1) is 17.8 Å². The summed E-state index contributed by atoms with van der Waals surface area (Å²) in [5.74, 6) is 3.22. The van der Waals surface area contributed by atoms with E-state index in [0.717, 1.165) is 104 Å². The topological polar surface area (TPSA) is 130 Å². The van der Waals surface area contributed by atoms with Crippen molar-refractivity contribution in [1.29, 1.82) is 0 Å². The molecular weight excluding hydrogens is 707 g/mol. The molecule has 288 valence electrons. The molecule has 0 aliphatic carbocycles. The molecule has 57 heavy (non-hydrogen) atoms. The minimum atomic E-state index is 0.404. The zero-order chi connectivity index (χ0) is 38.3. The first-order chi connectivity index (χ1) is 28.0. The van der Waals surface area contributed by atoms with Crippen molar-refractivity contribution in [2.45, 2.75) is 33.1 Å². The van der Waals surface area contributed by atoms with E-state index in [1.807, 2.05) is 36.9 Å². The molecule has 0 aromatic carbocycles. The van der Waals surface area contributed by atoms with Gasteiger partial charge in [-0.05, 0) is 89.3 Å². The molecule has 3 atom stereocenters. The van der Waals surface area contributed by atoms with Crippen LogP contribution in [0.3, 0.4) is 0 Å². The molecule has 3 aliphatic rings. The van der Waals surface area contributed by atoms with E-state index in [9.17, 15) is 0 Å². The highest BCUT2D eigenvalue weighted by molar-refractivity contribution is 5.94. The standard InChI is InChI=1S/C46H49N11/c1-29-15-34(40-23-52-44-36(40)5-3-12-48-44)27-56(25-29)14-11-32-19-50-42(51-20-32)9-7-31-17-33(21-47-18-31)39-22-54-46-38(39)8-10-43(55-46)57-26-30(2)16-35(28-57)41-24-53-45-37(41)6-4-13-49-45/h3-6,8,10,12-13,15-17,19-20,22-24,29-31,47H,7,9,11,14,18,21,25-28H2,1-2H3,(H,48,52)(H,49,53)(H,54,55)/t29-,30-,31+/m1/s1. The highest BCUT2D eigenvalue weighted by Gasteiger charge is 2.24. The normalized spacial score (nSPS) is 20.6. The average Bonchev–Trinajstić information content (AvgIpc) is 3.99. The minimum Gasteiger partial charge on any atom is -0.352 e. The van der Waals surface area contributed by atoms with Gasteiger partial charge in [0.1, 0.15) is 28.6 Å². The van der Waals surface area contributed by atoms with E-state index in [1.54, 1.807) is 0 Å². The first-order valence-corrected chi connectivity index (χ1v) is 20.4. The molecule has 0 bridgehead atoms. The van der Waals surface area contributed by atoms with Crippen molar-refractivity contribution in [3.63, 3.8) is 0 Å². The molecule has 0 spiro atoms. The van der Waals surface area contributed by atoms with Gasteiger partial charge >= 0.3 is 0 Å². The number of H-pyrrole nitrogens is 3. The maximum Gasteiger partial charge on any atom is 0.140 e. The van der Waals surface area contributed by atoms with Crippen molar-refractivity contribution >= 4 is 55.6 Å². The fourth-order valence-corrected chi connectivity index (χ4v) is 9.21. The lowest BCUT2D eigenvalue weighted by molar-refractivity contribution is 0.275. The number of nitrogens with zero attached hydrogens (tertiary/aromatic N) is 7. The summed E-state index contributed by atoms with van der Waals surface area (Å²) in [6, 6.07) is 12.7. The fraction of sp³-hybridized carbons (Fsp3) is 0.326. The Morgan fingerprint density at radius 1 is 0.667 bits per heavy atom. The Labute approximate surface area is 332 Å². The summed E-state index contributed by atoms with van der Waals surface area (Å²) >= 11 is 0. The molecule has 0 fully saturated rings. The molecule has 3 aliphatic heterocycles. The summed E-state index contributed by atoms with van der Waals surface area (Å²) in [4.78, 5) is 38.9. The van der Waals surface area contributed by atoms with Crippen LogP contribution in [-0.4, -0.2) is 90.6 Å². The van der Waals surface area contributed by atoms with Gasteiger partial charge in [-0.15, -0.1) is 0 Å². The van der Waals surface area contributed by atoms with Crippen LogP contribution >= 0.6 is 0 Å². The van der Waals surface area contributed by atoms with Gasteiger partial charge in [0.25, 0.3) is 0 Å². The molecule has 0 unspecified atom stereocenters. The van der Waals surface area contributed by atoms with Crippen LogP contribution in [-0.2, 0) is 12.8 Å². The largest absolute Gasteiger partial charge is 0.352 e. The van der Waals surface area contributed by atoms with Crippen LogP contribution in [0.5, 0.6) is 0 Å². The summed E-state index contributed by atoms with van der Waals surface area (Å²) in [5, 5.41) is 7.19. The van der Waals surface area contributed by atoms with Crippen LogP contribution in [0.1, 0.15) is 48.3 Å². The van der Waals surface area contributed by atoms with Gasteiger partial charge in [0.2, 0.25) is 0 Å². The molecular formula is C46H49N11. The number of aromatic amines is 3. The third kappa shape index (κ3) is 7.29. The monoisotopic (exact) mass is 755 g/mol. The van der Waals surface area contributed by atoms with Crippen LogP contribution in [0.15, 0.2) is 98.0 Å². The number of fused-ring (bicyclic) bond motifs is 3. The number of pyridine rings is 3. The van der Waals surface area contributed by atoms with Gasteiger partial charge in [0, 0.05) is 128 Å². The molecule has 11 nitrogen and oxygen atoms in total. The molecule has 11 heteroatoms. The second kappa shape index (κ2) is 15.2. The number of hydrogen-bond donors (Lipinski definition) is 4. The zero-order valence-electron chi connectivity index (χ0n) is 32.7. The number of aromatic nitrogens is 8. The average molecular weight is 756 g/mol. The van der Waals surface area contributed by atoms with Gasteiger partial charge in [0.05, 0.1) is 0 Å². The molecule has 0 saturated carbocycles. The zero-order valence-corrected chi connectivity index (χ0v) is 32.7. The highest BCUT2D eigenvalue weighted by atomic mass is 15.2. The Kier molecular flexibility index (Phi) is 9.47. The summed E-state index contributed by atoms with van der Waals surface area (Å²) in [6.07, 6.45) is 24.1. The van der Waals surface area contributed by atoms with Crippen molar-refractivity contribution in [1.82, 2.24) is 50.1 Å². The molecule has 10 heterocycles. The summed E-state index contributed by atoms with van der Waals surface area (Å²) in [6.45, 7) is 11.1. The Balaban J connectivity index is 0.754. The molecule has 7 aromatic heterocycles. The van der Waals surface area contributed by atoms with Gasteiger partial charge < -0.3 is 25.2 Å². The molecule has 0 radical (unpaired) electrons. The predicted molar refractivity (Wildman–Crippen MR) is 230 cm³/mol. The van der Waals surface area contributed by atoms with Gasteiger partial charge in [0.15, 0.2) is 0 Å². The van der Waals surface area contributed by atoms with E-state index in [4.69, 9.17) is 15.0 Å². The smallest absolute Gasteiger partial charge is 0.140 e. The number of hydrogen-bond acceptors (Lipinski definition) is 8. The Morgan fingerprint density at radius 3 is 2.05 bits per heavy atom. The number of rotatable bonds is 10. The quantitative estimate of drug-likeness (QED) is 0.113. The van der Waals surface area contributed by atoms with Crippen molar-refractivity contribution in [2.24, 2.45) is 17.8 Å². The van der Waals surface area contributed by atoms with E-state index in [0.29, 0.717) is 17.8 Å². The first-order valence-electron chi connectivity index (χ1n) is 20.4. The van der Waals surface area contributed by atoms with Gasteiger partial charge in [-0.25, -0.2) is 24.9 Å². The Morgan fingerprint density at radius 2 is 1.32 bits per heavy atom. The van der Waals surface area contributed by atoms with Gasteiger partial charge in [-0.1, -0.05) is 32.1 Å². The summed E-state index contributed by atoms with van der Waals surface area (Å²) < 4.78 is 0. The van der Waals surface area contributed by atoms with E-state index < -0.39 is 0 Å². The van der Waals surface area contributed by atoms with Gasteiger partial charge in [-0.3, -0.25) is 4.90 Å². The maximum absolute atomic E-state index is 5.15. The summed E-state index contributed by atoms with van der Waals surface area (Å²) in [5.41, 5.74) is 11.7. The fourth-order valence-electron chi connectivity index (χ4n) is 9.21. The second-order valence-corrected chi connectivity index (χ2v) is 16.3. The Hall–Kier alpha value is -5.91. The predicted octanol–water partition coefficient (Wildman–Crippen LogP) is 7.46. The van der Waals surface area contributed by atoms with Crippen LogP contribution in [0.2, 0.25) is 0 Å². The lowest BCUT2D eigenvalue weighted by Crippen LogP contribution is -2.35. The maximum atomic E-state index is 5.15.